The zero-order chi connectivity index (χ0) is 13.4. The highest BCUT2D eigenvalue weighted by molar-refractivity contribution is 5.81. The maximum absolute atomic E-state index is 11.5. The van der Waals surface area contributed by atoms with Crippen LogP contribution in [0.5, 0.6) is 0 Å². The normalized spacial score (nSPS) is 19.2. The number of rotatable bonds is 6. The molecule has 1 unspecified atom stereocenters. The first-order chi connectivity index (χ1) is 8.63. The number of hydrogen-bond donors (Lipinski definition) is 2. The Hall–Kier alpha value is -1.05. The fourth-order valence-electron chi connectivity index (χ4n) is 2.15. The lowest BCUT2D eigenvalue weighted by Gasteiger charge is -2.30. The second-order valence-corrected chi connectivity index (χ2v) is 5.18. The SMILES string of the molecule is C#CCC(N)C(=O)NCCCN1CCC(C)CC1. The minimum absolute atomic E-state index is 0.139. The van der Waals surface area contributed by atoms with Crippen molar-refractivity contribution in [2.75, 3.05) is 26.2 Å². The Kier molecular flexibility index (Phi) is 6.77. The third-order valence-corrected chi connectivity index (χ3v) is 3.50. The Morgan fingerprint density at radius 1 is 1.56 bits per heavy atom. The van der Waals surface area contributed by atoms with Crippen LogP contribution in [0.15, 0.2) is 0 Å². The summed E-state index contributed by atoms with van der Waals surface area (Å²) in [6.45, 7) is 6.42. The van der Waals surface area contributed by atoms with Crippen LogP contribution in [0, 0.1) is 18.3 Å². The van der Waals surface area contributed by atoms with Gasteiger partial charge in [0.25, 0.3) is 0 Å². The minimum atomic E-state index is -0.564. The van der Waals surface area contributed by atoms with Gasteiger partial charge in [-0.05, 0) is 44.8 Å². The summed E-state index contributed by atoms with van der Waals surface area (Å²) < 4.78 is 0. The van der Waals surface area contributed by atoms with Gasteiger partial charge in [-0.15, -0.1) is 12.3 Å². The van der Waals surface area contributed by atoms with Crippen LogP contribution in [-0.2, 0) is 4.79 Å². The van der Waals surface area contributed by atoms with Gasteiger partial charge in [0.1, 0.15) is 0 Å². The molecule has 4 heteroatoms. The van der Waals surface area contributed by atoms with Gasteiger partial charge in [0.2, 0.25) is 5.91 Å². The van der Waals surface area contributed by atoms with Crippen molar-refractivity contribution in [3.8, 4) is 12.3 Å². The van der Waals surface area contributed by atoms with Crippen LogP contribution in [0.1, 0.15) is 32.6 Å². The van der Waals surface area contributed by atoms with E-state index in [0.29, 0.717) is 13.0 Å². The van der Waals surface area contributed by atoms with E-state index in [2.05, 4.69) is 23.1 Å². The van der Waals surface area contributed by atoms with Crippen LogP contribution >= 0.6 is 0 Å². The van der Waals surface area contributed by atoms with E-state index in [9.17, 15) is 4.79 Å². The molecule has 4 nitrogen and oxygen atoms in total. The van der Waals surface area contributed by atoms with Gasteiger partial charge in [0.05, 0.1) is 6.04 Å². The molecule has 1 aliphatic rings. The van der Waals surface area contributed by atoms with Gasteiger partial charge in [-0.3, -0.25) is 4.79 Å². The van der Waals surface area contributed by atoms with Crippen molar-refractivity contribution in [1.82, 2.24) is 10.2 Å². The molecule has 0 aromatic rings. The number of amides is 1. The van der Waals surface area contributed by atoms with E-state index in [1.807, 2.05) is 0 Å². The first kappa shape index (κ1) is 15.0. The van der Waals surface area contributed by atoms with Crippen molar-refractivity contribution in [3.63, 3.8) is 0 Å². The standard InChI is InChI=1S/C14H25N3O/c1-3-5-13(15)14(18)16-8-4-9-17-10-6-12(2)7-11-17/h1,12-13H,4-11,15H2,2H3,(H,16,18). The number of carbonyl (C=O) groups excluding carboxylic acids is 1. The van der Waals surface area contributed by atoms with E-state index >= 15 is 0 Å². The number of hydrogen-bond acceptors (Lipinski definition) is 3. The number of nitrogens with zero attached hydrogens (tertiary/aromatic N) is 1. The number of carbonyl (C=O) groups is 1. The number of terminal acetylenes is 1. The second-order valence-electron chi connectivity index (χ2n) is 5.18. The summed E-state index contributed by atoms with van der Waals surface area (Å²) in [4.78, 5) is 13.9. The highest BCUT2D eigenvalue weighted by Gasteiger charge is 2.15. The molecule has 0 saturated carbocycles. The van der Waals surface area contributed by atoms with Crippen LogP contribution in [0.2, 0.25) is 0 Å². The fourth-order valence-corrected chi connectivity index (χ4v) is 2.15. The predicted octanol–water partition coefficient (Wildman–Crippen LogP) is 0.575. The average Bonchev–Trinajstić information content (AvgIpc) is 2.36. The molecule has 0 bridgehead atoms. The monoisotopic (exact) mass is 251 g/mol. The summed E-state index contributed by atoms with van der Waals surface area (Å²) >= 11 is 0. The van der Waals surface area contributed by atoms with E-state index in [-0.39, 0.29) is 5.91 Å². The molecule has 102 valence electrons. The van der Waals surface area contributed by atoms with Crippen molar-refractivity contribution in [2.24, 2.45) is 11.7 Å². The van der Waals surface area contributed by atoms with Crippen molar-refractivity contribution < 1.29 is 4.79 Å². The van der Waals surface area contributed by atoms with Gasteiger partial charge < -0.3 is 16.0 Å². The summed E-state index contributed by atoms with van der Waals surface area (Å²) in [6, 6.07) is -0.564. The lowest BCUT2D eigenvalue weighted by atomic mass is 9.99. The highest BCUT2D eigenvalue weighted by Crippen LogP contribution is 2.15. The largest absolute Gasteiger partial charge is 0.355 e. The van der Waals surface area contributed by atoms with Gasteiger partial charge in [0.15, 0.2) is 0 Å². The van der Waals surface area contributed by atoms with Crippen LogP contribution in [0.4, 0.5) is 0 Å². The summed E-state index contributed by atoms with van der Waals surface area (Å²) in [5, 5.41) is 2.83. The average molecular weight is 251 g/mol. The number of nitrogens with one attached hydrogen (secondary N) is 1. The molecule has 1 amide bonds. The van der Waals surface area contributed by atoms with Gasteiger partial charge in [0, 0.05) is 13.0 Å². The van der Waals surface area contributed by atoms with E-state index in [4.69, 9.17) is 12.2 Å². The van der Waals surface area contributed by atoms with Crippen molar-refractivity contribution in [3.05, 3.63) is 0 Å². The Labute approximate surface area is 110 Å². The van der Waals surface area contributed by atoms with Gasteiger partial charge in [-0.2, -0.15) is 0 Å². The van der Waals surface area contributed by atoms with E-state index in [0.717, 1.165) is 18.9 Å². The van der Waals surface area contributed by atoms with Crippen molar-refractivity contribution in [2.45, 2.75) is 38.6 Å². The molecular weight excluding hydrogens is 226 g/mol. The number of nitrogens with two attached hydrogens (primary N) is 1. The van der Waals surface area contributed by atoms with E-state index in [1.165, 1.54) is 25.9 Å². The molecule has 1 aliphatic heterocycles. The van der Waals surface area contributed by atoms with Crippen LogP contribution < -0.4 is 11.1 Å². The minimum Gasteiger partial charge on any atom is -0.355 e. The third-order valence-electron chi connectivity index (χ3n) is 3.50. The zero-order valence-corrected chi connectivity index (χ0v) is 11.3. The first-order valence-electron chi connectivity index (χ1n) is 6.82. The fraction of sp³-hybridized carbons (Fsp3) is 0.786. The van der Waals surface area contributed by atoms with Crippen LogP contribution in [-0.4, -0.2) is 43.0 Å². The Morgan fingerprint density at radius 2 is 2.22 bits per heavy atom. The molecule has 1 fully saturated rings. The molecule has 1 atom stereocenters. The number of piperidine rings is 1. The molecule has 18 heavy (non-hydrogen) atoms. The summed E-state index contributed by atoms with van der Waals surface area (Å²) in [7, 11) is 0. The molecule has 1 rings (SSSR count). The third kappa shape index (κ3) is 5.52. The molecule has 3 N–H and O–H groups in total. The number of likely N-dealkylation sites (tertiary alicyclic amines) is 1. The smallest absolute Gasteiger partial charge is 0.237 e. The maximum Gasteiger partial charge on any atom is 0.237 e. The van der Waals surface area contributed by atoms with Gasteiger partial charge >= 0.3 is 0 Å². The van der Waals surface area contributed by atoms with E-state index in [1.54, 1.807) is 0 Å². The summed E-state index contributed by atoms with van der Waals surface area (Å²) in [5.41, 5.74) is 5.60. The second kappa shape index (κ2) is 8.12. The van der Waals surface area contributed by atoms with Crippen molar-refractivity contribution in [1.29, 1.82) is 0 Å². The maximum atomic E-state index is 11.5. The molecule has 0 radical (unpaired) electrons. The molecule has 0 spiro atoms. The zero-order valence-electron chi connectivity index (χ0n) is 11.3. The van der Waals surface area contributed by atoms with Crippen molar-refractivity contribution >= 4 is 5.91 Å². The highest BCUT2D eigenvalue weighted by atomic mass is 16.2. The summed E-state index contributed by atoms with van der Waals surface area (Å²) in [5.74, 6) is 3.13. The lowest BCUT2D eigenvalue weighted by Crippen LogP contribution is -2.41. The van der Waals surface area contributed by atoms with Crippen LogP contribution in [0.25, 0.3) is 0 Å². The van der Waals surface area contributed by atoms with E-state index < -0.39 is 6.04 Å². The predicted molar refractivity (Wildman–Crippen MR) is 73.9 cm³/mol. The topological polar surface area (TPSA) is 58.4 Å². The summed E-state index contributed by atoms with van der Waals surface area (Å²) in [6.07, 6.45) is 8.97. The first-order valence-corrected chi connectivity index (χ1v) is 6.82. The molecule has 0 aromatic heterocycles. The van der Waals surface area contributed by atoms with Gasteiger partial charge in [-0.25, -0.2) is 0 Å². The Balaban J connectivity index is 2.05. The van der Waals surface area contributed by atoms with Crippen LogP contribution in [0.3, 0.4) is 0 Å². The molecule has 1 saturated heterocycles. The Morgan fingerprint density at radius 3 is 2.83 bits per heavy atom. The molecular formula is C14H25N3O. The quantitative estimate of drug-likeness (QED) is 0.536. The molecule has 0 aliphatic carbocycles. The lowest BCUT2D eigenvalue weighted by molar-refractivity contribution is -0.122. The molecule has 0 aromatic carbocycles. The Bertz CT molecular complexity index is 290. The van der Waals surface area contributed by atoms with Gasteiger partial charge in [-0.1, -0.05) is 6.92 Å². The molecule has 1 heterocycles.